The van der Waals surface area contributed by atoms with Crippen LogP contribution in [0.5, 0.6) is 0 Å². The summed E-state index contributed by atoms with van der Waals surface area (Å²) in [6.45, 7) is 4.53. The first-order valence-electron chi connectivity index (χ1n) is 2.87. The molecule has 0 amide bonds. The van der Waals surface area contributed by atoms with Crippen molar-refractivity contribution in [2.45, 2.75) is 13.8 Å². The molecule has 0 N–H and O–H groups in total. The Labute approximate surface area is 54.5 Å². The maximum absolute atomic E-state index is 8.52. The maximum atomic E-state index is 8.52. The summed E-state index contributed by atoms with van der Waals surface area (Å²) >= 11 is 0. The number of nitriles is 1. The van der Waals surface area contributed by atoms with Gasteiger partial charge in [0, 0.05) is 5.71 Å². The van der Waals surface area contributed by atoms with Gasteiger partial charge in [0.25, 0.3) is 0 Å². The first kappa shape index (κ1) is 6.03. The average Bonchev–Trinajstić information content (AvgIpc) is 2.12. The van der Waals surface area contributed by atoms with E-state index in [1.807, 2.05) is 13.8 Å². The Bertz CT molecular complexity index is 228. The summed E-state index contributed by atoms with van der Waals surface area (Å²) in [7, 11) is 0. The van der Waals surface area contributed by atoms with E-state index in [2.05, 4.69) is 11.1 Å². The molecule has 0 aromatic heterocycles. The van der Waals surface area contributed by atoms with Gasteiger partial charge in [0.05, 0.1) is 12.1 Å². The molecule has 1 heterocycles. The fraction of sp³-hybridized carbons (Fsp3) is 0.429. The second kappa shape index (κ2) is 2.02. The van der Waals surface area contributed by atoms with Crippen molar-refractivity contribution in [2.24, 2.45) is 4.99 Å². The third-order valence-corrected chi connectivity index (χ3v) is 1.45. The lowest BCUT2D eigenvalue weighted by Crippen LogP contribution is -1.89. The molecule has 0 atom stereocenters. The second-order valence-corrected chi connectivity index (χ2v) is 2.17. The van der Waals surface area contributed by atoms with Crippen LogP contribution in [0.4, 0.5) is 0 Å². The van der Waals surface area contributed by atoms with Crippen molar-refractivity contribution < 1.29 is 0 Å². The lowest BCUT2D eigenvalue weighted by atomic mass is 10.1. The van der Waals surface area contributed by atoms with Crippen molar-refractivity contribution in [1.29, 1.82) is 5.26 Å². The molecule has 46 valence electrons. The molecule has 2 nitrogen and oxygen atoms in total. The van der Waals surface area contributed by atoms with Crippen molar-refractivity contribution in [3.05, 3.63) is 11.1 Å². The Balaban J connectivity index is 3.01. The van der Waals surface area contributed by atoms with Gasteiger partial charge in [-0.25, -0.2) is 0 Å². The van der Waals surface area contributed by atoms with Crippen molar-refractivity contribution in [2.75, 3.05) is 6.54 Å². The highest BCUT2D eigenvalue weighted by molar-refractivity contribution is 6.04. The first-order valence-corrected chi connectivity index (χ1v) is 2.87. The van der Waals surface area contributed by atoms with Gasteiger partial charge >= 0.3 is 0 Å². The number of rotatable bonds is 0. The molecule has 9 heavy (non-hydrogen) atoms. The van der Waals surface area contributed by atoms with E-state index in [-0.39, 0.29) is 0 Å². The third-order valence-electron chi connectivity index (χ3n) is 1.45. The maximum Gasteiger partial charge on any atom is 0.101 e. The lowest BCUT2D eigenvalue weighted by Gasteiger charge is -1.87. The van der Waals surface area contributed by atoms with Gasteiger partial charge < -0.3 is 0 Å². The largest absolute Gasteiger partial charge is 0.284 e. The van der Waals surface area contributed by atoms with Gasteiger partial charge in [0.2, 0.25) is 0 Å². The number of hydrogen-bond donors (Lipinski definition) is 0. The molecule has 0 unspecified atom stereocenters. The molecule has 1 aliphatic heterocycles. The van der Waals surface area contributed by atoms with Crippen LogP contribution < -0.4 is 0 Å². The molecule has 0 fully saturated rings. The summed E-state index contributed by atoms with van der Waals surface area (Å²) in [6, 6.07) is 2.11. The molecule has 0 bridgehead atoms. The second-order valence-electron chi connectivity index (χ2n) is 2.17. The Morgan fingerprint density at radius 1 is 1.56 bits per heavy atom. The third kappa shape index (κ3) is 0.857. The molecule has 0 aromatic carbocycles. The topological polar surface area (TPSA) is 36.1 Å². The summed E-state index contributed by atoms with van der Waals surface area (Å²) in [5.41, 5.74) is 2.75. The Morgan fingerprint density at radius 3 is 2.44 bits per heavy atom. The van der Waals surface area contributed by atoms with E-state index in [0.29, 0.717) is 6.54 Å². The van der Waals surface area contributed by atoms with Gasteiger partial charge in [-0.3, -0.25) is 4.99 Å². The fourth-order valence-corrected chi connectivity index (χ4v) is 0.880. The lowest BCUT2D eigenvalue weighted by molar-refractivity contribution is 1.17. The van der Waals surface area contributed by atoms with Crippen LogP contribution >= 0.6 is 0 Å². The zero-order valence-corrected chi connectivity index (χ0v) is 5.60. The Morgan fingerprint density at radius 2 is 2.22 bits per heavy atom. The number of hydrogen-bond acceptors (Lipinski definition) is 2. The van der Waals surface area contributed by atoms with Crippen molar-refractivity contribution >= 4 is 5.71 Å². The first-order chi connectivity index (χ1) is 4.25. The highest BCUT2D eigenvalue weighted by Crippen LogP contribution is 2.12. The summed E-state index contributed by atoms with van der Waals surface area (Å²) in [5, 5.41) is 8.52. The van der Waals surface area contributed by atoms with Gasteiger partial charge in [-0.05, 0) is 19.4 Å². The van der Waals surface area contributed by atoms with E-state index in [1.165, 1.54) is 0 Å². The molecule has 0 radical (unpaired) electrons. The number of aliphatic imine (C=N–C) groups is 1. The van der Waals surface area contributed by atoms with Crippen LogP contribution in [0.1, 0.15) is 13.8 Å². The van der Waals surface area contributed by atoms with Crippen molar-refractivity contribution in [3.63, 3.8) is 0 Å². The van der Waals surface area contributed by atoms with Crippen molar-refractivity contribution in [1.82, 2.24) is 0 Å². The Hall–Kier alpha value is -1.10. The SMILES string of the molecule is CC1=NCC(C)=C1C#N. The zero-order valence-electron chi connectivity index (χ0n) is 5.60. The van der Waals surface area contributed by atoms with Gasteiger partial charge in [0.1, 0.15) is 6.07 Å². The smallest absolute Gasteiger partial charge is 0.101 e. The van der Waals surface area contributed by atoms with E-state index in [9.17, 15) is 0 Å². The fourth-order valence-electron chi connectivity index (χ4n) is 0.880. The predicted octanol–water partition coefficient (Wildman–Crippen LogP) is 1.30. The molecule has 2 heteroatoms. The summed E-state index contributed by atoms with van der Waals surface area (Å²) in [5.74, 6) is 0. The van der Waals surface area contributed by atoms with Crippen LogP contribution in [-0.4, -0.2) is 12.3 Å². The van der Waals surface area contributed by atoms with Crippen LogP contribution in [0.3, 0.4) is 0 Å². The Kier molecular flexibility index (Phi) is 1.35. The number of nitrogens with zero attached hydrogens (tertiary/aromatic N) is 2. The average molecular weight is 120 g/mol. The van der Waals surface area contributed by atoms with Crippen LogP contribution in [0.25, 0.3) is 0 Å². The van der Waals surface area contributed by atoms with Gasteiger partial charge in [-0.2, -0.15) is 5.26 Å². The highest BCUT2D eigenvalue weighted by Gasteiger charge is 2.10. The van der Waals surface area contributed by atoms with E-state index < -0.39 is 0 Å². The molecule has 1 rings (SSSR count). The molecule has 1 aliphatic rings. The van der Waals surface area contributed by atoms with E-state index in [0.717, 1.165) is 16.9 Å². The van der Waals surface area contributed by atoms with Gasteiger partial charge in [-0.15, -0.1) is 0 Å². The molecular weight excluding hydrogens is 112 g/mol. The molecule has 0 aliphatic carbocycles. The highest BCUT2D eigenvalue weighted by atomic mass is 14.8. The van der Waals surface area contributed by atoms with E-state index in [1.54, 1.807) is 0 Å². The molecule has 0 spiro atoms. The minimum absolute atomic E-state index is 0.717. The number of allylic oxidation sites excluding steroid dienone is 1. The predicted molar refractivity (Wildman–Crippen MR) is 36.3 cm³/mol. The minimum Gasteiger partial charge on any atom is -0.284 e. The van der Waals surface area contributed by atoms with E-state index >= 15 is 0 Å². The zero-order chi connectivity index (χ0) is 6.85. The summed E-state index contributed by atoms with van der Waals surface area (Å²) < 4.78 is 0. The van der Waals surface area contributed by atoms with Crippen LogP contribution in [0, 0.1) is 11.3 Å². The van der Waals surface area contributed by atoms with Crippen molar-refractivity contribution in [3.8, 4) is 6.07 Å². The van der Waals surface area contributed by atoms with Crippen LogP contribution in [-0.2, 0) is 0 Å². The van der Waals surface area contributed by atoms with Gasteiger partial charge in [0.15, 0.2) is 0 Å². The quantitative estimate of drug-likeness (QED) is 0.474. The van der Waals surface area contributed by atoms with Crippen LogP contribution in [0.2, 0.25) is 0 Å². The summed E-state index contributed by atoms with van der Waals surface area (Å²) in [4.78, 5) is 4.09. The normalized spacial score (nSPS) is 17.7. The van der Waals surface area contributed by atoms with E-state index in [4.69, 9.17) is 5.26 Å². The molecule has 0 saturated heterocycles. The molecular formula is C7H8N2. The standard InChI is InChI=1S/C7H8N2/c1-5-4-9-6(2)7(5)3-8/h4H2,1-2H3. The van der Waals surface area contributed by atoms with Gasteiger partial charge in [-0.1, -0.05) is 0 Å². The van der Waals surface area contributed by atoms with Crippen LogP contribution in [0.15, 0.2) is 16.1 Å². The molecule has 0 saturated carbocycles. The summed E-state index contributed by atoms with van der Waals surface area (Å²) in [6.07, 6.45) is 0. The molecule has 0 aromatic rings. The minimum atomic E-state index is 0.717. The monoisotopic (exact) mass is 120 g/mol.